The highest BCUT2D eigenvalue weighted by molar-refractivity contribution is 5.85. The second kappa shape index (κ2) is 8.65. The Morgan fingerprint density at radius 1 is 1.13 bits per heavy atom. The van der Waals surface area contributed by atoms with Gasteiger partial charge in [-0.25, -0.2) is 0 Å². The van der Waals surface area contributed by atoms with Gasteiger partial charge in [0.25, 0.3) is 0 Å². The normalized spacial score (nSPS) is 14.9. The molecule has 0 aliphatic heterocycles. The zero-order chi connectivity index (χ0) is 22.0. The lowest BCUT2D eigenvalue weighted by atomic mass is 9.91. The Bertz CT molecular complexity index is 1080. The lowest BCUT2D eigenvalue weighted by Crippen LogP contribution is -2.12. The van der Waals surface area contributed by atoms with Crippen molar-refractivity contribution in [1.82, 2.24) is 4.98 Å². The van der Waals surface area contributed by atoms with Crippen molar-refractivity contribution >= 4 is 16.9 Å². The predicted octanol–water partition coefficient (Wildman–Crippen LogP) is 6.44. The molecule has 31 heavy (non-hydrogen) atoms. The summed E-state index contributed by atoms with van der Waals surface area (Å²) in [6.07, 6.45) is 1.35. The molecule has 164 valence electrons. The summed E-state index contributed by atoms with van der Waals surface area (Å²) in [5.41, 5.74) is 2.02. The van der Waals surface area contributed by atoms with Crippen LogP contribution in [-0.2, 0) is 24.0 Å². The van der Waals surface area contributed by atoms with E-state index in [9.17, 15) is 18.0 Å². The minimum Gasteiger partial charge on any atom is -0.489 e. The largest absolute Gasteiger partial charge is 0.489 e. The van der Waals surface area contributed by atoms with Crippen molar-refractivity contribution in [1.29, 1.82) is 0 Å². The SMILES string of the molecule is O=C(O)CCc1c[nH]c2ccc(OCc3ccc(C4CCCC4)c(C(F)(F)F)c3)cc12. The third kappa shape index (κ3) is 4.86. The van der Waals surface area contributed by atoms with Crippen molar-refractivity contribution in [2.24, 2.45) is 0 Å². The number of rotatable bonds is 7. The maximum atomic E-state index is 13.7. The van der Waals surface area contributed by atoms with Gasteiger partial charge in [-0.3, -0.25) is 4.79 Å². The zero-order valence-corrected chi connectivity index (χ0v) is 17.0. The van der Waals surface area contributed by atoms with E-state index in [1.54, 1.807) is 30.5 Å². The molecule has 1 aromatic heterocycles. The summed E-state index contributed by atoms with van der Waals surface area (Å²) >= 11 is 0. The molecule has 1 aliphatic carbocycles. The first-order chi connectivity index (χ1) is 14.8. The zero-order valence-electron chi connectivity index (χ0n) is 17.0. The fourth-order valence-electron chi connectivity index (χ4n) is 4.39. The molecule has 4 nitrogen and oxygen atoms in total. The maximum absolute atomic E-state index is 13.7. The maximum Gasteiger partial charge on any atom is 0.416 e. The number of aliphatic carboxylic acids is 1. The number of aromatic amines is 1. The van der Waals surface area contributed by atoms with E-state index in [4.69, 9.17) is 9.84 Å². The van der Waals surface area contributed by atoms with Crippen LogP contribution in [0.15, 0.2) is 42.6 Å². The molecule has 0 amide bonds. The summed E-state index contributed by atoms with van der Waals surface area (Å²) in [7, 11) is 0. The van der Waals surface area contributed by atoms with Gasteiger partial charge in [0.15, 0.2) is 0 Å². The van der Waals surface area contributed by atoms with Crippen molar-refractivity contribution < 1.29 is 27.8 Å². The molecule has 0 spiro atoms. The first-order valence-corrected chi connectivity index (χ1v) is 10.5. The van der Waals surface area contributed by atoms with Gasteiger partial charge in [-0.05, 0) is 66.1 Å². The van der Waals surface area contributed by atoms with Crippen molar-refractivity contribution in [3.05, 3.63) is 64.8 Å². The highest BCUT2D eigenvalue weighted by Gasteiger charge is 2.36. The smallest absolute Gasteiger partial charge is 0.416 e. The highest BCUT2D eigenvalue weighted by Crippen LogP contribution is 2.42. The van der Waals surface area contributed by atoms with Crippen LogP contribution in [0.3, 0.4) is 0 Å². The molecule has 2 aromatic carbocycles. The molecule has 4 rings (SSSR count). The van der Waals surface area contributed by atoms with Crippen molar-refractivity contribution in [3.8, 4) is 5.75 Å². The van der Waals surface area contributed by atoms with E-state index in [1.807, 2.05) is 6.07 Å². The molecular formula is C24H24F3NO3. The van der Waals surface area contributed by atoms with Gasteiger partial charge in [-0.1, -0.05) is 25.0 Å². The second-order valence-electron chi connectivity index (χ2n) is 8.10. The third-order valence-electron chi connectivity index (χ3n) is 5.97. The molecule has 0 atom stereocenters. The van der Waals surface area contributed by atoms with E-state index in [2.05, 4.69) is 4.98 Å². The van der Waals surface area contributed by atoms with Crippen LogP contribution in [0.25, 0.3) is 10.9 Å². The molecule has 3 aromatic rings. The number of carbonyl (C=O) groups is 1. The van der Waals surface area contributed by atoms with Crippen molar-refractivity contribution in [2.45, 2.75) is 57.2 Å². The second-order valence-corrected chi connectivity index (χ2v) is 8.10. The number of aromatic nitrogens is 1. The number of carboxylic acids is 1. The lowest BCUT2D eigenvalue weighted by Gasteiger charge is -2.19. The molecule has 0 unspecified atom stereocenters. The van der Waals surface area contributed by atoms with E-state index in [1.165, 1.54) is 6.07 Å². The number of benzene rings is 2. The number of nitrogens with one attached hydrogen (secondary N) is 1. The van der Waals surface area contributed by atoms with Gasteiger partial charge < -0.3 is 14.8 Å². The molecule has 1 aliphatic rings. The van der Waals surface area contributed by atoms with Crippen LogP contribution in [0.4, 0.5) is 13.2 Å². The molecule has 1 fully saturated rings. The quantitative estimate of drug-likeness (QED) is 0.452. The summed E-state index contributed by atoms with van der Waals surface area (Å²) in [6.45, 7) is 0.0222. The fraction of sp³-hybridized carbons (Fsp3) is 0.375. The Morgan fingerprint density at radius 2 is 1.90 bits per heavy atom. The Balaban J connectivity index is 1.52. The number of fused-ring (bicyclic) bond motifs is 1. The Morgan fingerprint density at radius 3 is 2.61 bits per heavy atom. The molecular weight excluding hydrogens is 407 g/mol. The summed E-state index contributed by atoms with van der Waals surface area (Å²) in [6, 6.07) is 9.89. The first kappa shape index (κ1) is 21.3. The first-order valence-electron chi connectivity index (χ1n) is 10.5. The molecule has 1 saturated carbocycles. The lowest BCUT2D eigenvalue weighted by molar-refractivity contribution is -0.138. The summed E-state index contributed by atoms with van der Waals surface area (Å²) < 4.78 is 46.8. The van der Waals surface area contributed by atoms with Crippen LogP contribution in [0.2, 0.25) is 0 Å². The number of carboxylic acid groups (broad SMARTS) is 1. The Hall–Kier alpha value is -2.96. The minimum atomic E-state index is -4.39. The van der Waals surface area contributed by atoms with Crippen LogP contribution in [0, 0.1) is 0 Å². The van der Waals surface area contributed by atoms with Crippen molar-refractivity contribution in [3.63, 3.8) is 0 Å². The number of ether oxygens (including phenoxy) is 1. The summed E-state index contributed by atoms with van der Waals surface area (Å²) in [5.74, 6) is -0.368. The highest BCUT2D eigenvalue weighted by atomic mass is 19.4. The van der Waals surface area contributed by atoms with E-state index in [-0.39, 0.29) is 18.9 Å². The van der Waals surface area contributed by atoms with Gasteiger partial charge in [-0.15, -0.1) is 0 Å². The number of alkyl halides is 3. The van der Waals surface area contributed by atoms with Gasteiger partial charge in [0.1, 0.15) is 12.4 Å². The number of aryl methyl sites for hydroxylation is 1. The van der Waals surface area contributed by atoms with Crippen molar-refractivity contribution in [2.75, 3.05) is 0 Å². The van der Waals surface area contributed by atoms with Crippen LogP contribution in [0.1, 0.15) is 60.3 Å². The predicted molar refractivity (Wildman–Crippen MR) is 111 cm³/mol. The van der Waals surface area contributed by atoms with Crippen LogP contribution >= 0.6 is 0 Å². The Labute approximate surface area is 178 Å². The van der Waals surface area contributed by atoms with E-state index in [0.717, 1.165) is 42.1 Å². The monoisotopic (exact) mass is 431 g/mol. The average molecular weight is 431 g/mol. The Kier molecular flexibility index (Phi) is 5.94. The van der Waals surface area contributed by atoms with Crippen LogP contribution in [0.5, 0.6) is 5.75 Å². The van der Waals surface area contributed by atoms with E-state index >= 15 is 0 Å². The third-order valence-corrected chi connectivity index (χ3v) is 5.97. The topological polar surface area (TPSA) is 62.3 Å². The number of hydrogen-bond donors (Lipinski definition) is 2. The summed E-state index contributed by atoms with van der Waals surface area (Å²) in [4.78, 5) is 13.9. The molecule has 0 saturated heterocycles. The number of hydrogen-bond acceptors (Lipinski definition) is 2. The van der Waals surface area contributed by atoms with Gasteiger partial charge in [0.2, 0.25) is 0 Å². The number of halogens is 3. The van der Waals surface area contributed by atoms with E-state index in [0.29, 0.717) is 23.3 Å². The minimum absolute atomic E-state index is 0.0194. The average Bonchev–Trinajstić information content (AvgIpc) is 3.40. The van der Waals surface area contributed by atoms with Gasteiger partial charge >= 0.3 is 12.1 Å². The van der Waals surface area contributed by atoms with Gasteiger partial charge in [-0.2, -0.15) is 13.2 Å². The fourth-order valence-corrected chi connectivity index (χ4v) is 4.39. The number of H-pyrrole nitrogens is 1. The van der Waals surface area contributed by atoms with E-state index < -0.39 is 17.7 Å². The summed E-state index contributed by atoms with van der Waals surface area (Å²) in [5, 5.41) is 9.76. The van der Waals surface area contributed by atoms with Gasteiger partial charge in [0.05, 0.1) is 5.56 Å². The van der Waals surface area contributed by atoms with Crippen LogP contribution < -0.4 is 4.74 Å². The standard InChI is InChI=1S/C24H24F3NO3/c25-24(26,27)21-11-15(5-8-19(21)16-3-1-2-4-16)14-31-18-7-9-22-20(12-18)17(13-28-22)6-10-23(29)30/h5,7-9,11-13,16,28H,1-4,6,10,14H2,(H,29,30). The molecule has 0 radical (unpaired) electrons. The molecule has 1 heterocycles. The van der Waals surface area contributed by atoms with Crippen LogP contribution in [-0.4, -0.2) is 16.1 Å². The molecule has 2 N–H and O–H groups in total. The molecule has 7 heteroatoms. The molecule has 0 bridgehead atoms. The van der Waals surface area contributed by atoms with Gasteiger partial charge in [0, 0.05) is 23.5 Å².